The van der Waals surface area contributed by atoms with Gasteiger partial charge in [-0.05, 0) is 25.5 Å². The monoisotopic (exact) mass is 191 g/mol. The van der Waals surface area contributed by atoms with Gasteiger partial charge >= 0.3 is 0 Å². The zero-order valence-electron chi connectivity index (χ0n) is 7.95. The van der Waals surface area contributed by atoms with Crippen LogP contribution in [0.15, 0.2) is 35.2 Å². The molecule has 0 amide bonds. The van der Waals surface area contributed by atoms with E-state index in [0.717, 1.165) is 11.3 Å². The first-order valence-electron chi connectivity index (χ1n) is 4.35. The lowest BCUT2D eigenvalue weighted by Crippen LogP contribution is -2.14. The summed E-state index contributed by atoms with van der Waals surface area (Å²) >= 11 is 1.63. The fourth-order valence-corrected chi connectivity index (χ4v) is 1.93. The Morgan fingerprint density at radius 1 is 1.38 bits per heavy atom. The molecule has 0 aromatic heterocycles. The normalized spacial score (nSPS) is 14.5. The standard InChI is InChI=1S/C11H13NS/c1-3-11(2,9-12)13-10-7-5-4-6-8-10/h4-8H,3H2,1-2H3. The van der Waals surface area contributed by atoms with Crippen LogP contribution in [0.2, 0.25) is 0 Å². The molecular weight excluding hydrogens is 178 g/mol. The number of nitrogens with zero attached hydrogens (tertiary/aromatic N) is 1. The van der Waals surface area contributed by atoms with Gasteiger partial charge in [-0.1, -0.05) is 25.1 Å². The summed E-state index contributed by atoms with van der Waals surface area (Å²) in [7, 11) is 0. The van der Waals surface area contributed by atoms with Crippen molar-refractivity contribution >= 4 is 11.8 Å². The van der Waals surface area contributed by atoms with Crippen LogP contribution in [0.4, 0.5) is 0 Å². The Labute approximate surface area is 83.8 Å². The number of thioether (sulfide) groups is 1. The van der Waals surface area contributed by atoms with E-state index in [1.807, 2.05) is 44.2 Å². The summed E-state index contributed by atoms with van der Waals surface area (Å²) in [6.45, 7) is 4.02. The highest BCUT2D eigenvalue weighted by molar-refractivity contribution is 8.00. The first kappa shape index (κ1) is 10.1. The zero-order valence-corrected chi connectivity index (χ0v) is 8.77. The molecule has 0 bridgehead atoms. The fourth-order valence-electron chi connectivity index (χ4n) is 0.923. The smallest absolute Gasteiger partial charge is 0.104 e. The van der Waals surface area contributed by atoms with Gasteiger partial charge in [0.05, 0.1) is 6.07 Å². The van der Waals surface area contributed by atoms with E-state index < -0.39 is 0 Å². The van der Waals surface area contributed by atoms with E-state index in [2.05, 4.69) is 6.07 Å². The minimum absolute atomic E-state index is 0.290. The summed E-state index contributed by atoms with van der Waals surface area (Å²) in [5.41, 5.74) is 0. The molecule has 0 aliphatic carbocycles. The van der Waals surface area contributed by atoms with Gasteiger partial charge in [0.15, 0.2) is 0 Å². The molecule has 0 heterocycles. The van der Waals surface area contributed by atoms with Gasteiger partial charge in [0, 0.05) is 4.90 Å². The predicted octanol–water partition coefficient (Wildman–Crippen LogP) is 3.47. The summed E-state index contributed by atoms with van der Waals surface area (Å²) < 4.78 is -0.290. The molecule has 0 N–H and O–H groups in total. The second kappa shape index (κ2) is 4.34. The van der Waals surface area contributed by atoms with Crippen molar-refractivity contribution in [3.05, 3.63) is 30.3 Å². The van der Waals surface area contributed by atoms with Crippen molar-refractivity contribution < 1.29 is 0 Å². The number of rotatable bonds is 3. The maximum absolute atomic E-state index is 8.98. The van der Waals surface area contributed by atoms with Crippen molar-refractivity contribution in [1.29, 1.82) is 5.26 Å². The van der Waals surface area contributed by atoms with Crippen LogP contribution in [0.25, 0.3) is 0 Å². The second-order valence-electron chi connectivity index (χ2n) is 3.11. The maximum atomic E-state index is 8.98. The lowest BCUT2D eigenvalue weighted by Gasteiger charge is -2.18. The Morgan fingerprint density at radius 2 is 2.00 bits per heavy atom. The van der Waals surface area contributed by atoms with Gasteiger partial charge in [-0.15, -0.1) is 11.8 Å². The van der Waals surface area contributed by atoms with Crippen LogP contribution in [0, 0.1) is 11.3 Å². The molecule has 0 aliphatic heterocycles. The quantitative estimate of drug-likeness (QED) is 0.683. The number of benzene rings is 1. The molecule has 0 radical (unpaired) electrons. The van der Waals surface area contributed by atoms with E-state index >= 15 is 0 Å². The summed E-state index contributed by atoms with van der Waals surface area (Å²) in [6.07, 6.45) is 0.864. The van der Waals surface area contributed by atoms with Gasteiger partial charge in [-0.2, -0.15) is 5.26 Å². The molecule has 1 atom stereocenters. The Kier molecular flexibility index (Phi) is 3.39. The lowest BCUT2D eigenvalue weighted by atomic mass is 10.1. The third kappa shape index (κ3) is 2.78. The Bertz CT molecular complexity index is 302. The average molecular weight is 191 g/mol. The molecule has 0 aliphatic rings. The summed E-state index contributed by atoms with van der Waals surface area (Å²) in [5, 5.41) is 8.98. The Hall–Kier alpha value is -0.940. The summed E-state index contributed by atoms with van der Waals surface area (Å²) in [5.74, 6) is 0. The van der Waals surface area contributed by atoms with Crippen molar-refractivity contribution in [1.82, 2.24) is 0 Å². The van der Waals surface area contributed by atoms with Crippen LogP contribution in [-0.2, 0) is 0 Å². The van der Waals surface area contributed by atoms with E-state index in [0.29, 0.717) is 0 Å². The lowest BCUT2D eigenvalue weighted by molar-refractivity contribution is 0.768. The van der Waals surface area contributed by atoms with Gasteiger partial charge < -0.3 is 0 Å². The Morgan fingerprint density at radius 3 is 2.46 bits per heavy atom. The molecule has 0 saturated heterocycles. The minimum Gasteiger partial charge on any atom is -0.197 e. The molecule has 0 spiro atoms. The van der Waals surface area contributed by atoms with E-state index in [4.69, 9.17) is 5.26 Å². The van der Waals surface area contributed by atoms with Crippen LogP contribution in [0.1, 0.15) is 20.3 Å². The summed E-state index contributed by atoms with van der Waals surface area (Å²) in [6, 6.07) is 12.4. The number of nitriles is 1. The average Bonchev–Trinajstić information content (AvgIpc) is 2.19. The third-order valence-electron chi connectivity index (χ3n) is 2.00. The first-order valence-corrected chi connectivity index (χ1v) is 5.17. The maximum Gasteiger partial charge on any atom is 0.104 e. The molecule has 1 nitrogen and oxygen atoms in total. The molecule has 0 fully saturated rings. The third-order valence-corrected chi connectivity index (χ3v) is 3.34. The first-order chi connectivity index (χ1) is 6.20. The molecule has 2 heteroatoms. The van der Waals surface area contributed by atoms with Gasteiger partial charge in [0.2, 0.25) is 0 Å². The summed E-state index contributed by atoms with van der Waals surface area (Å²) in [4.78, 5) is 1.16. The van der Waals surface area contributed by atoms with Crippen molar-refractivity contribution in [3.8, 4) is 6.07 Å². The molecule has 1 unspecified atom stereocenters. The number of hydrogen-bond donors (Lipinski definition) is 0. The van der Waals surface area contributed by atoms with Crippen molar-refractivity contribution in [3.63, 3.8) is 0 Å². The molecular formula is C11H13NS. The van der Waals surface area contributed by atoms with Crippen LogP contribution < -0.4 is 0 Å². The number of hydrogen-bond acceptors (Lipinski definition) is 2. The van der Waals surface area contributed by atoms with Crippen LogP contribution in [0.5, 0.6) is 0 Å². The van der Waals surface area contributed by atoms with Crippen molar-refractivity contribution in [2.45, 2.75) is 29.9 Å². The topological polar surface area (TPSA) is 23.8 Å². The molecule has 1 aromatic rings. The predicted molar refractivity (Wildman–Crippen MR) is 56.6 cm³/mol. The highest BCUT2D eigenvalue weighted by Crippen LogP contribution is 2.34. The molecule has 1 rings (SSSR count). The van der Waals surface area contributed by atoms with Gasteiger partial charge in [-0.3, -0.25) is 0 Å². The van der Waals surface area contributed by atoms with E-state index in [1.54, 1.807) is 11.8 Å². The van der Waals surface area contributed by atoms with Crippen LogP contribution in [0.3, 0.4) is 0 Å². The fraction of sp³-hybridized carbons (Fsp3) is 0.364. The van der Waals surface area contributed by atoms with Gasteiger partial charge in [0.1, 0.15) is 4.75 Å². The van der Waals surface area contributed by atoms with Crippen LogP contribution in [-0.4, -0.2) is 4.75 Å². The molecule has 13 heavy (non-hydrogen) atoms. The van der Waals surface area contributed by atoms with Crippen molar-refractivity contribution in [2.75, 3.05) is 0 Å². The minimum atomic E-state index is -0.290. The van der Waals surface area contributed by atoms with Crippen LogP contribution >= 0.6 is 11.8 Å². The van der Waals surface area contributed by atoms with E-state index in [1.165, 1.54) is 0 Å². The highest BCUT2D eigenvalue weighted by atomic mass is 32.2. The van der Waals surface area contributed by atoms with E-state index in [9.17, 15) is 0 Å². The van der Waals surface area contributed by atoms with Crippen molar-refractivity contribution in [2.24, 2.45) is 0 Å². The zero-order chi connectivity index (χ0) is 9.73. The highest BCUT2D eigenvalue weighted by Gasteiger charge is 2.22. The Balaban J connectivity index is 2.75. The SMILES string of the molecule is CCC(C)(C#N)Sc1ccccc1. The molecule has 0 saturated carbocycles. The molecule has 68 valence electrons. The molecule has 1 aromatic carbocycles. The van der Waals surface area contributed by atoms with E-state index in [-0.39, 0.29) is 4.75 Å². The largest absolute Gasteiger partial charge is 0.197 e. The van der Waals surface area contributed by atoms with Gasteiger partial charge in [0.25, 0.3) is 0 Å². The van der Waals surface area contributed by atoms with Gasteiger partial charge in [-0.25, -0.2) is 0 Å². The second-order valence-corrected chi connectivity index (χ2v) is 4.69.